The molecule has 0 aromatic heterocycles. The molecule has 0 spiro atoms. The van der Waals surface area contributed by atoms with Crippen LogP contribution in [0.5, 0.6) is 0 Å². The second-order valence-corrected chi connectivity index (χ2v) is 14.3. The average Bonchev–Trinajstić information content (AvgIpc) is 3.56. The molecule has 4 aromatic carbocycles. The van der Waals surface area contributed by atoms with E-state index >= 15 is 4.39 Å². The van der Waals surface area contributed by atoms with Crippen LogP contribution in [0.1, 0.15) is 53.5 Å². The van der Waals surface area contributed by atoms with Gasteiger partial charge in [0.15, 0.2) is 0 Å². The fraction of sp³-hybridized carbons (Fsp3) is 0.316. The lowest BCUT2D eigenvalue weighted by Crippen LogP contribution is -2.54. The number of anilines is 1. The van der Waals surface area contributed by atoms with Gasteiger partial charge in [0.1, 0.15) is 18.4 Å². The van der Waals surface area contributed by atoms with Crippen LogP contribution in [0.4, 0.5) is 10.1 Å². The van der Waals surface area contributed by atoms with Crippen molar-refractivity contribution < 1.29 is 22.4 Å². The summed E-state index contributed by atoms with van der Waals surface area (Å²) in [6.07, 6.45) is 3.89. The summed E-state index contributed by atoms with van der Waals surface area (Å²) >= 11 is 0. The standard InChI is InChI=1S/C38H42FN3O4S/c1-27-17-20-33(21-18-27)47(45,46)42(35-22-19-28(2)23-29(35)3)26-37(43)41(25-31-13-7-10-16-34(31)39)36(24-30-11-5-4-6-12-30)38(44)40-32-14-8-9-15-32/h4-7,10-13,16-23,32,36H,8-9,14-15,24-26H2,1-3H3,(H,40,44)/t36-/m1/s1. The highest BCUT2D eigenvalue weighted by Gasteiger charge is 2.36. The molecular weight excluding hydrogens is 614 g/mol. The largest absolute Gasteiger partial charge is 0.352 e. The van der Waals surface area contributed by atoms with Crippen molar-refractivity contribution in [3.05, 3.63) is 131 Å². The number of sulfonamides is 1. The minimum atomic E-state index is -4.23. The summed E-state index contributed by atoms with van der Waals surface area (Å²) in [6.45, 7) is 4.78. The van der Waals surface area contributed by atoms with Gasteiger partial charge in [-0.25, -0.2) is 12.8 Å². The van der Waals surface area contributed by atoms with Gasteiger partial charge in [0, 0.05) is 24.6 Å². The summed E-state index contributed by atoms with van der Waals surface area (Å²) in [5, 5.41) is 3.14. The van der Waals surface area contributed by atoms with E-state index in [1.165, 1.54) is 23.1 Å². The van der Waals surface area contributed by atoms with Crippen molar-refractivity contribution in [1.29, 1.82) is 0 Å². The van der Waals surface area contributed by atoms with Gasteiger partial charge in [0.25, 0.3) is 10.0 Å². The first kappa shape index (κ1) is 33.9. The molecule has 0 heterocycles. The number of hydrogen-bond donors (Lipinski definition) is 1. The molecule has 47 heavy (non-hydrogen) atoms. The van der Waals surface area contributed by atoms with E-state index in [4.69, 9.17) is 0 Å². The fourth-order valence-corrected chi connectivity index (χ4v) is 7.65. The SMILES string of the molecule is Cc1ccc(S(=O)(=O)N(CC(=O)N(Cc2ccccc2F)[C@H](Cc2ccccc2)C(=O)NC2CCCC2)c2ccc(C)cc2C)cc1. The molecule has 0 unspecified atom stereocenters. The van der Waals surface area contributed by atoms with Crippen molar-refractivity contribution in [1.82, 2.24) is 10.2 Å². The minimum Gasteiger partial charge on any atom is -0.352 e. The molecule has 246 valence electrons. The predicted octanol–water partition coefficient (Wildman–Crippen LogP) is 6.65. The lowest BCUT2D eigenvalue weighted by molar-refractivity contribution is -0.140. The molecule has 0 radical (unpaired) electrons. The summed E-state index contributed by atoms with van der Waals surface area (Å²) in [5.74, 6) is -1.48. The number of rotatable bonds is 12. The average molecular weight is 656 g/mol. The van der Waals surface area contributed by atoms with Crippen LogP contribution in [-0.2, 0) is 32.6 Å². The Morgan fingerprint density at radius 3 is 2.15 bits per heavy atom. The topological polar surface area (TPSA) is 86.8 Å². The van der Waals surface area contributed by atoms with Crippen molar-refractivity contribution >= 4 is 27.5 Å². The van der Waals surface area contributed by atoms with Crippen molar-refractivity contribution in [2.75, 3.05) is 10.8 Å². The maximum Gasteiger partial charge on any atom is 0.264 e. The summed E-state index contributed by atoms with van der Waals surface area (Å²) in [5.41, 5.74) is 3.92. The lowest BCUT2D eigenvalue weighted by Gasteiger charge is -2.34. The van der Waals surface area contributed by atoms with Crippen molar-refractivity contribution in [3.63, 3.8) is 0 Å². The van der Waals surface area contributed by atoms with Gasteiger partial charge in [-0.05, 0) is 69.0 Å². The molecule has 0 bridgehead atoms. The fourth-order valence-electron chi connectivity index (χ4n) is 6.17. The normalized spacial score (nSPS) is 14.0. The molecule has 1 fully saturated rings. The molecule has 1 atom stereocenters. The summed E-state index contributed by atoms with van der Waals surface area (Å²) in [6, 6.07) is 26.3. The van der Waals surface area contributed by atoms with Gasteiger partial charge in [-0.3, -0.25) is 13.9 Å². The number of hydrogen-bond acceptors (Lipinski definition) is 4. The second-order valence-electron chi connectivity index (χ2n) is 12.4. The molecule has 4 aromatic rings. The Balaban J connectivity index is 1.59. The minimum absolute atomic E-state index is 0.0141. The second kappa shape index (κ2) is 14.9. The number of aryl methyl sites for hydroxylation is 3. The Morgan fingerprint density at radius 1 is 0.851 bits per heavy atom. The summed E-state index contributed by atoms with van der Waals surface area (Å²) < 4.78 is 44.8. The Hall–Kier alpha value is -4.50. The third-order valence-corrected chi connectivity index (χ3v) is 10.6. The van der Waals surface area contributed by atoms with Gasteiger partial charge in [-0.15, -0.1) is 0 Å². The van der Waals surface area contributed by atoms with Gasteiger partial charge < -0.3 is 10.2 Å². The molecule has 5 rings (SSSR count). The molecule has 1 aliphatic rings. The monoisotopic (exact) mass is 655 g/mol. The zero-order valence-corrected chi connectivity index (χ0v) is 28.0. The van der Waals surface area contributed by atoms with Crippen LogP contribution in [-0.4, -0.2) is 43.8 Å². The van der Waals surface area contributed by atoms with Crippen LogP contribution < -0.4 is 9.62 Å². The quantitative estimate of drug-likeness (QED) is 0.185. The Kier molecular flexibility index (Phi) is 10.8. The molecule has 1 aliphatic carbocycles. The lowest BCUT2D eigenvalue weighted by atomic mass is 10.0. The Labute approximate surface area is 277 Å². The maximum atomic E-state index is 15.1. The zero-order chi connectivity index (χ0) is 33.6. The van der Waals surface area contributed by atoms with E-state index in [1.54, 1.807) is 49.4 Å². The van der Waals surface area contributed by atoms with Gasteiger partial charge >= 0.3 is 0 Å². The Morgan fingerprint density at radius 2 is 1.49 bits per heavy atom. The first-order valence-electron chi connectivity index (χ1n) is 16.1. The van der Waals surface area contributed by atoms with Gasteiger partial charge in [-0.2, -0.15) is 0 Å². The highest BCUT2D eigenvalue weighted by molar-refractivity contribution is 7.92. The number of halogens is 1. The third-order valence-electron chi connectivity index (χ3n) is 8.78. The maximum absolute atomic E-state index is 15.1. The predicted molar refractivity (Wildman–Crippen MR) is 183 cm³/mol. The number of carbonyl (C=O) groups is 2. The van der Waals surface area contributed by atoms with Crippen LogP contribution in [0.3, 0.4) is 0 Å². The molecule has 2 amide bonds. The molecule has 0 saturated heterocycles. The highest BCUT2D eigenvalue weighted by Crippen LogP contribution is 2.29. The van der Waals surface area contributed by atoms with E-state index in [0.717, 1.165) is 46.7 Å². The molecule has 7 nitrogen and oxygen atoms in total. The number of amides is 2. The van der Waals surface area contributed by atoms with Gasteiger partial charge in [0.05, 0.1) is 10.6 Å². The van der Waals surface area contributed by atoms with E-state index in [2.05, 4.69) is 5.32 Å². The van der Waals surface area contributed by atoms with E-state index in [9.17, 15) is 18.0 Å². The molecule has 1 saturated carbocycles. The smallest absolute Gasteiger partial charge is 0.264 e. The van der Waals surface area contributed by atoms with Crippen LogP contribution >= 0.6 is 0 Å². The molecule has 0 aliphatic heterocycles. The van der Waals surface area contributed by atoms with Crippen LogP contribution in [0, 0.1) is 26.6 Å². The van der Waals surface area contributed by atoms with Crippen molar-refractivity contribution in [2.24, 2.45) is 0 Å². The van der Waals surface area contributed by atoms with E-state index in [-0.39, 0.29) is 35.4 Å². The first-order valence-corrected chi connectivity index (χ1v) is 17.5. The highest BCUT2D eigenvalue weighted by atomic mass is 32.2. The van der Waals surface area contributed by atoms with Gasteiger partial charge in [-0.1, -0.05) is 96.8 Å². The van der Waals surface area contributed by atoms with Crippen molar-refractivity contribution in [3.8, 4) is 0 Å². The van der Waals surface area contributed by atoms with E-state index in [0.29, 0.717) is 11.3 Å². The zero-order valence-electron chi connectivity index (χ0n) is 27.2. The first-order chi connectivity index (χ1) is 22.5. The Bertz CT molecular complexity index is 1810. The summed E-state index contributed by atoms with van der Waals surface area (Å²) in [7, 11) is -4.23. The number of benzene rings is 4. The molecule has 9 heteroatoms. The summed E-state index contributed by atoms with van der Waals surface area (Å²) in [4.78, 5) is 30.1. The van der Waals surface area contributed by atoms with Crippen LogP contribution in [0.2, 0.25) is 0 Å². The molecular formula is C38H42FN3O4S. The molecule has 1 N–H and O–H groups in total. The van der Waals surface area contributed by atoms with Crippen LogP contribution in [0.25, 0.3) is 0 Å². The number of carbonyl (C=O) groups excluding carboxylic acids is 2. The third kappa shape index (κ3) is 8.27. The van der Waals surface area contributed by atoms with Crippen molar-refractivity contribution in [2.45, 2.75) is 76.4 Å². The van der Waals surface area contributed by atoms with E-state index < -0.39 is 34.3 Å². The van der Waals surface area contributed by atoms with Crippen LogP contribution in [0.15, 0.2) is 102 Å². The van der Waals surface area contributed by atoms with Gasteiger partial charge in [0.2, 0.25) is 11.8 Å². The van der Waals surface area contributed by atoms with E-state index in [1.807, 2.05) is 50.2 Å². The number of nitrogens with zero attached hydrogens (tertiary/aromatic N) is 2. The number of nitrogens with one attached hydrogen (secondary N) is 1.